The molecule has 0 aliphatic rings. The number of urea groups is 1. The zero-order chi connectivity index (χ0) is 18.1. The average Bonchev–Trinajstić information content (AvgIpc) is 2.66. The maximum absolute atomic E-state index is 11.9. The molecule has 0 aliphatic heterocycles. The van der Waals surface area contributed by atoms with Gasteiger partial charge in [0.1, 0.15) is 5.75 Å². The molecule has 0 fully saturated rings. The van der Waals surface area contributed by atoms with Crippen molar-refractivity contribution in [2.24, 2.45) is 0 Å². The number of rotatable bonds is 8. The minimum absolute atomic E-state index is 0.210. The van der Waals surface area contributed by atoms with Crippen LogP contribution in [-0.2, 0) is 13.0 Å². The molecule has 2 rings (SSSR count). The first kappa shape index (κ1) is 18.4. The van der Waals surface area contributed by atoms with Crippen LogP contribution in [0.4, 0.5) is 4.79 Å². The third-order valence-electron chi connectivity index (χ3n) is 3.73. The molecule has 0 spiro atoms. The molecular formula is C19H24N2O4. The van der Waals surface area contributed by atoms with Crippen LogP contribution >= 0.6 is 0 Å². The SMILES string of the molecule is COc1cccc(CCNC(=O)NCc2ccc(OC)c(OC)c2)c1. The van der Waals surface area contributed by atoms with Crippen molar-refractivity contribution >= 4 is 6.03 Å². The highest BCUT2D eigenvalue weighted by Gasteiger charge is 2.06. The van der Waals surface area contributed by atoms with Gasteiger partial charge in [-0.05, 0) is 41.8 Å². The third kappa shape index (κ3) is 5.60. The Labute approximate surface area is 148 Å². The smallest absolute Gasteiger partial charge is 0.315 e. The molecule has 0 bridgehead atoms. The van der Waals surface area contributed by atoms with E-state index in [1.165, 1.54) is 0 Å². The van der Waals surface area contributed by atoms with E-state index in [0.717, 1.165) is 23.3 Å². The van der Waals surface area contributed by atoms with Gasteiger partial charge in [0.25, 0.3) is 0 Å². The van der Waals surface area contributed by atoms with Crippen molar-refractivity contribution in [1.82, 2.24) is 10.6 Å². The molecule has 0 aromatic heterocycles. The molecule has 6 heteroatoms. The number of ether oxygens (including phenoxy) is 3. The fraction of sp³-hybridized carbons (Fsp3) is 0.316. The summed E-state index contributed by atoms with van der Waals surface area (Å²) >= 11 is 0. The first-order valence-electron chi connectivity index (χ1n) is 8.01. The van der Waals surface area contributed by atoms with E-state index in [1.807, 2.05) is 42.5 Å². The second-order valence-electron chi connectivity index (χ2n) is 5.40. The summed E-state index contributed by atoms with van der Waals surface area (Å²) in [6.07, 6.45) is 0.737. The number of nitrogens with one attached hydrogen (secondary N) is 2. The van der Waals surface area contributed by atoms with E-state index in [2.05, 4.69) is 10.6 Å². The van der Waals surface area contributed by atoms with Gasteiger partial charge in [0, 0.05) is 13.1 Å². The lowest BCUT2D eigenvalue weighted by atomic mass is 10.1. The van der Waals surface area contributed by atoms with Crippen molar-refractivity contribution in [1.29, 1.82) is 0 Å². The Kier molecular flexibility index (Phi) is 6.95. The Morgan fingerprint density at radius 3 is 2.40 bits per heavy atom. The van der Waals surface area contributed by atoms with Gasteiger partial charge in [-0.2, -0.15) is 0 Å². The largest absolute Gasteiger partial charge is 0.497 e. The Morgan fingerprint density at radius 2 is 1.68 bits per heavy atom. The molecule has 2 aromatic carbocycles. The Hall–Kier alpha value is -2.89. The number of hydrogen-bond donors (Lipinski definition) is 2. The molecule has 0 radical (unpaired) electrons. The molecule has 0 saturated heterocycles. The lowest BCUT2D eigenvalue weighted by molar-refractivity contribution is 0.240. The molecule has 0 aliphatic carbocycles. The van der Waals surface area contributed by atoms with Crippen LogP contribution in [0.1, 0.15) is 11.1 Å². The van der Waals surface area contributed by atoms with Crippen molar-refractivity contribution < 1.29 is 19.0 Å². The van der Waals surface area contributed by atoms with E-state index in [1.54, 1.807) is 21.3 Å². The molecular weight excluding hydrogens is 320 g/mol. The predicted molar refractivity (Wildman–Crippen MR) is 96.5 cm³/mol. The van der Waals surface area contributed by atoms with Gasteiger partial charge < -0.3 is 24.8 Å². The summed E-state index contributed by atoms with van der Waals surface area (Å²) in [5, 5.41) is 5.67. The van der Waals surface area contributed by atoms with Gasteiger partial charge in [0.2, 0.25) is 0 Å². The van der Waals surface area contributed by atoms with Crippen molar-refractivity contribution in [3.63, 3.8) is 0 Å². The number of benzene rings is 2. The van der Waals surface area contributed by atoms with Crippen molar-refractivity contribution in [3.05, 3.63) is 53.6 Å². The topological polar surface area (TPSA) is 68.8 Å². The fourth-order valence-corrected chi connectivity index (χ4v) is 2.38. The van der Waals surface area contributed by atoms with Gasteiger partial charge in [0.15, 0.2) is 11.5 Å². The van der Waals surface area contributed by atoms with Crippen LogP contribution in [0.25, 0.3) is 0 Å². The van der Waals surface area contributed by atoms with E-state index in [-0.39, 0.29) is 6.03 Å². The summed E-state index contributed by atoms with van der Waals surface area (Å²) in [5.74, 6) is 2.12. The monoisotopic (exact) mass is 344 g/mol. The molecule has 6 nitrogen and oxygen atoms in total. The van der Waals surface area contributed by atoms with Crippen molar-refractivity contribution in [3.8, 4) is 17.2 Å². The first-order chi connectivity index (χ1) is 12.2. The van der Waals surface area contributed by atoms with Crippen LogP contribution in [-0.4, -0.2) is 33.9 Å². The van der Waals surface area contributed by atoms with Crippen LogP contribution in [0.2, 0.25) is 0 Å². The summed E-state index contributed by atoms with van der Waals surface area (Å²) in [6.45, 7) is 0.955. The lowest BCUT2D eigenvalue weighted by Gasteiger charge is -2.11. The Morgan fingerprint density at radius 1 is 0.880 bits per heavy atom. The normalized spacial score (nSPS) is 10.0. The van der Waals surface area contributed by atoms with Crippen molar-refractivity contribution in [2.45, 2.75) is 13.0 Å². The van der Waals surface area contributed by atoms with Crippen LogP contribution in [0.3, 0.4) is 0 Å². The number of carbonyl (C=O) groups excluding carboxylic acids is 1. The van der Waals surface area contributed by atoms with Gasteiger partial charge in [-0.25, -0.2) is 4.79 Å². The average molecular weight is 344 g/mol. The summed E-state index contributed by atoms with van der Waals surface area (Å²) in [7, 11) is 4.81. The van der Waals surface area contributed by atoms with E-state index in [9.17, 15) is 4.79 Å². The van der Waals surface area contributed by atoms with Crippen LogP contribution in [0.5, 0.6) is 17.2 Å². The van der Waals surface area contributed by atoms with Gasteiger partial charge >= 0.3 is 6.03 Å². The molecule has 0 unspecified atom stereocenters. The summed E-state index contributed by atoms with van der Waals surface area (Å²) < 4.78 is 15.6. The fourth-order valence-electron chi connectivity index (χ4n) is 2.38. The van der Waals surface area contributed by atoms with Gasteiger partial charge in [0.05, 0.1) is 21.3 Å². The van der Waals surface area contributed by atoms with Gasteiger partial charge in [-0.3, -0.25) is 0 Å². The van der Waals surface area contributed by atoms with E-state index in [0.29, 0.717) is 24.6 Å². The highest BCUT2D eigenvalue weighted by atomic mass is 16.5. The zero-order valence-corrected chi connectivity index (χ0v) is 14.8. The maximum atomic E-state index is 11.9. The minimum Gasteiger partial charge on any atom is -0.497 e. The second kappa shape index (κ2) is 9.42. The van der Waals surface area contributed by atoms with Crippen LogP contribution < -0.4 is 24.8 Å². The Bertz CT molecular complexity index is 704. The molecule has 0 atom stereocenters. The highest BCUT2D eigenvalue weighted by molar-refractivity contribution is 5.73. The van der Waals surface area contributed by atoms with Gasteiger partial charge in [-0.15, -0.1) is 0 Å². The molecule has 2 N–H and O–H groups in total. The summed E-state index contributed by atoms with van der Waals surface area (Å²) in [5.41, 5.74) is 2.04. The second-order valence-corrected chi connectivity index (χ2v) is 5.40. The number of carbonyl (C=O) groups is 1. The van der Waals surface area contributed by atoms with Crippen LogP contribution in [0.15, 0.2) is 42.5 Å². The standard InChI is InChI=1S/C19H24N2O4/c1-23-16-6-4-5-14(11-16)9-10-20-19(22)21-13-15-7-8-17(24-2)18(12-15)25-3/h4-8,11-12H,9-10,13H2,1-3H3,(H2,20,21,22). The summed E-state index contributed by atoms with van der Waals surface area (Å²) in [6, 6.07) is 13.1. The van der Waals surface area contributed by atoms with E-state index in [4.69, 9.17) is 14.2 Å². The molecule has 2 amide bonds. The number of hydrogen-bond acceptors (Lipinski definition) is 4. The quantitative estimate of drug-likeness (QED) is 0.773. The number of amides is 2. The highest BCUT2D eigenvalue weighted by Crippen LogP contribution is 2.27. The zero-order valence-electron chi connectivity index (χ0n) is 14.8. The first-order valence-corrected chi connectivity index (χ1v) is 8.01. The maximum Gasteiger partial charge on any atom is 0.315 e. The van der Waals surface area contributed by atoms with Gasteiger partial charge in [-0.1, -0.05) is 18.2 Å². The minimum atomic E-state index is -0.210. The molecule has 2 aromatic rings. The lowest BCUT2D eigenvalue weighted by Crippen LogP contribution is -2.36. The van der Waals surface area contributed by atoms with E-state index >= 15 is 0 Å². The Balaban J connectivity index is 1.77. The van der Waals surface area contributed by atoms with Crippen LogP contribution in [0, 0.1) is 0 Å². The predicted octanol–water partition coefficient (Wildman–Crippen LogP) is 2.75. The summed E-state index contributed by atoms with van der Waals surface area (Å²) in [4.78, 5) is 11.9. The molecule has 0 heterocycles. The van der Waals surface area contributed by atoms with E-state index < -0.39 is 0 Å². The molecule has 134 valence electrons. The van der Waals surface area contributed by atoms with Crippen molar-refractivity contribution in [2.75, 3.05) is 27.9 Å². The third-order valence-corrected chi connectivity index (χ3v) is 3.73. The number of methoxy groups -OCH3 is 3. The molecule has 25 heavy (non-hydrogen) atoms. The molecule has 0 saturated carbocycles.